The van der Waals surface area contributed by atoms with Crippen LogP contribution in [0.15, 0.2) is 50.4 Å². The first-order valence-corrected chi connectivity index (χ1v) is 11.2. The molecule has 0 aliphatic carbocycles. The van der Waals surface area contributed by atoms with Crippen molar-refractivity contribution in [1.82, 2.24) is 25.5 Å². The highest BCUT2D eigenvalue weighted by Crippen LogP contribution is 2.20. The van der Waals surface area contributed by atoms with E-state index in [1.807, 2.05) is 44.2 Å². The van der Waals surface area contributed by atoms with Gasteiger partial charge in [0.2, 0.25) is 11.8 Å². The Morgan fingerprint density at radius 2 is 1.91 bits per heavy atom. The molecular formula is C24H32N6O2. The summed E-state index contributed by atoms with van der Waals surface area (Å²) >= 11 is 0. The summed E-state index contributed by atoms with van der Waals surface area (Å²) in [4.78, 5) is 15.8. The van der Waals surface area contributed by atoms with E-state index in [9.17, 15) is 0 Å². The second-order valence-electron chi connectivity index (χ2n) is 8.29. The SMILES string of the molecule is CN=C(NCc1coc(-c2ccccc2)n1)NCC1CCN(Cc2nc(C)c(C)o2)CC1. The first kappa shape index (κ1) is 22.1. The molecule has 0 saturated carbocycles. The van der Waals surface area contributed by atoms with E-state index >= 15 is 0 Å². The van der Waals surface area contributed by atoms with E-state index < -0.39 is 0 Å². The average molecular weight is 437 g/mol. The first-order valence-electron chi connectivity index (χ1n) is 11.2. The predicted molar refractivity (Wildman–Crippen MR) is 124 cm³/mol. The second kappa shape index (κ2) is 10.5. The number of rotatable bonds is 7. The summed E-state index contributed by atoms with van der Waals surface area (Å²) in [6.07, 6.45) is 3.98. The Labute approximate surface area is 189 Å². The van der Waals surface area contributed by atoms with E-state index in [1.165, 1.54) is 0 Å². The van der Waals surface area contributed by atoms with E-state index in [-0.39, 0.29) is 0 Å². The van der Waals surface area contributed by atoms with Gasteiger partial charge in [0.25, 0.3) is 0 Å². The van der Waals surface area contributed by atoms with Crippen LogP contribution in [-0.4, -0.2) is 47.5 Å². The Kier molecular flexibility index (Phi) is 7.21. The molecule has 0 radical (unpaired) electrons. The molecule has 170 valence electrons. The molecule has 32 heavy (non-hydrogen) atoms. The number of guanidine groups is 1. The Balaban J connectivity index is 1.18. The summed E-state index contributed by atoms with van der Waals surface area (Å²) < 4.78 is 11.3. The first-order chi connectivity index (χ1) is 15.6. The molecule has 0 bridgehead atoms. The minimum atomic E-state index is 0.559. The fraction of sp³-hybridized carbons (Fsp3) is 0.458. The van der Waals surface area contributed by atoms with Crippen molar-refractivity contribution in [1.29, 1.82) is 0 Å². The van der Waals surface area contributed by atoms with Gasteiger partial charge in [0, 0.05) is 19.2 Å². The number of aryl methyl sites for hydroxylation is 2. The minimum Gasteiger partial charge on any atom is -0.444 e. The molecule has 2 aromatic heterocycles. The Morgan fingerprint density at radius 1 is 1.12 bits per heavy atom. The van der Waals surface area contributed by atoms with Crippen LogP contribution in [0.5, 0.6) is 0 Å². The summed E-state index contributed by atoms with van der Waals surface area (Å²) in [5.74, 6) is 3.77. The number of aromatic nitrogens is 2. The van der Waals surface area contributed by atoms with E-state index in [0.29, 0.717) is 18.4 Å². The quantitative estimate of drug-likeness (QED) is 0.432. The molecule has 0 amide bonds. The number of hydrogen-bond acceptors (Lipinski definition) is 6. The number of piperidine rings is 1. The van der Waals surface area contributed by atoms with Crippen molar-refractivity contribution in [3.8, 4) is 11.5 Å². The average Bonchev–Trinajstić information content (AvgIpc) is 3.41. The third kappa shape index (κ3) is 5.76. The molecule has 1 saturated heterocycles. The topological polar surface area (TPSA) is 91.7 Å². The third-order valence-electron chi connectivity index (χ3n) is 5.93. The second-order valence-corrected chi connectivity index (χ2v) is 8.29. The lowest BCUT2D eigenvalue weighted by Crippen LogP contribution is -2.42. The summed E-state index contributed by atoms with van der Waals surface area (Å²) in [5, 5.41) is 6.78. The van der Waals surface area contributed by atoms with Crippen LogP contribution in [0.2, 0.25) is 0 Å². The van der Waals surface area contributed by atoms with Crippen LogP contribution in [-0.2, 0) is 13.1 Å². The normalized spacial score (nSPS) is 15.8. The molecule has 0 spiro atoms. The summed E-state index contributed by atoms with van der Waals surface area (Å²) in [6.45, 7) is 8.32. The van der Waals surface area contributed by atoms with Gasteiger partial charge in [-0.2, -0.15) is 0 Å². The molecule has 4 rings (SSSR count). The highest BCUT2D eigenvalue weighted by molar-refractivity contribution is 5.79. The maximum Gasteiger partial charge on any atom is 0.226 e. The molecule has 2 N–H and O–H groups in total. The Morgan fingerprint density at radius 3 is 2.59 bits per heavy atom. The van der Waals surface area contributed by atoms with E-state index in [1.54, 1.807) is 13.3 Å². The van der Waals surface area contributed by atoms with Gasteiger partial charge in [-0.05, 0) is 57.8 Å². The van der Waals surface area contributed by atoms with Crippen LogP contribution in [0, 0.1) is 19.8 Å². The standard InChI is InChI=1S/C24H32N6O2/c1-17-18(2)32-22(28-17)15-30-11-9-19(10-12-30)13-26-24(25-3)27-14-21-16-31-23(29-21)20-7-5-4-6-8-20/h4-8,16,19H,9-15H2,1-3H3,(H2,25,26,27). The Bertz CT molecular complexity index is 999. The molecule has 1 fully saturated rings. The highest BCUT2D eigenvalue weighted by atomic mass is 16.4. The zero-order valence-corrected chi connectivity index (χ0v) is 19.1. The van der Waals surface area contributed by atoms with E-state index in [4.69, 9.17) is 8.83 Å². The molecule has 0 atom stereocenters. The number of hydrogen-bond donors (Lipinski definition) is 2. The van der Waals surface area contributed by atoms with Gasteiger partial charge in [0.15, 0.2) is 5.96 Å². The third-order valence-corrected chi connectivity index (χ3v) is 5.93. The van der Waals surface area contributed by atoms with E-state index in [0.717, 1.165) is 73.6 Å². The fourth-order valence-corrected chi connectivity index (χ4v) is 3.88. The minimum absolute atomic E-state index is 0.559. The summed E-state index contributed by atoms with van der Waals surface area (Å²) in [6, 6.07) is 9.91. The lowest BCUT2D eigenvalue weighted by atomic mass is 9.97. The van der Waals surface area contributed by atoms with Gasteiger partial charge >= 0.3 is 0 Å². The summed E-state index contributed by atoms with van der Waals surface area (Å²) in [7, 11) is 1.79. The maximum absolute atomic E-state index is 5.73. The molecule has 8 heteroatoms. The van der Waals surface area contributed by atoms with Crippen LogP contribution in [0.1, 0.15) is 35.9 Å². The van der Waals surface area contributed by atoms with Crippen molar-refractivity contribution in [3.05, 3.63) is 59.6 Å². The maximum atomic E-state index is 5.73. The van der Waals surface area contributed by atoms with Crippen molar-refractivity contribution < 1.29 is 8.83 Å². The van der Waals surface area contributed by atoms with Gasteiger partial charge in [-0.1, -0.05) is 18.2 Å². The van der Waals surface area contributed by atoms with Gasteiger partial charge < -0.3 is 19.5 Å². The van der Waals surface area contributed by atoms with Gasteiger partial charge in [-0.15, -0.1) is 0 Å². The predicted octanol–water partition coefficient (Wildman–Crippen LogP) is 3.52. The zero-order chi connectivity index (χ0) is 22.3. The van der Waals surface area contributed by atoms with Gasteiger partial charge in [-0.3, -0.25) is 9.89 Å². The lowest BCUT2D eigenvalue weighted by molar-refractivity contribution is 0.164. The number of nitrogens with one attached hydrogen (secondary N) is 2. The summed E-state index contributed by atoms with van der Waals surface area (Å²) in [5.41, 5.74) is 2.80. The number of benzene rings is 1. The smallest absolute Gasteiger partial charge is 0.226 e. The van der Waals surface area contributed by atoms with Crippen molar-refractivity contribution in [3.63, 3.8) is 0 Å². The molecule has 8 nitrogen and oxygen atoms in total. The Hall–Kier alpha value is -3.13. The lowest BCUT2D eigenvalue weighted by Gasteiger charge is -2.31. The van der Waals surface area contributed by atoms with Crippen LogP contribution in [0.4, 0.5) is 0 Å². The van der Waals surface area contributed by atoms with Crippen molar-refractivity contribution in [2.45, 2.75) is 39.8 Å². The monoisotopic (exact) mass is 436 g/mol. The number of aliphatic imine (C=N–C) groups is 1. The number of nitrogens with zero attached hydrogens (tertiary/aromatic N) is 4. The molecule has 1 aliphatic heterocycles. The van der Waals surface area contributed by atoms with Gasteiger partial charge in [0.05, 0.1) is 24.5 Å². The molecule has 1 aromatic carbocycles. The van der Waals surface area contributed by atoms with Crippen molar-refractivity contribution in [2.75, 3.05) is 26.7 Å². The molecule has 3 aromatic rings. The van der Waals surface area contributed by atoms with Gasteiger partial charge in [-0.25, -0.2) is 9.97 Å². The molecule has 0 unspecified atom stereocenters. The largest absolute Gasteiger partial charge is 0.444 e. The van der Waals surface area contributed by atoms with Crippen LogP contribution >= 0.6 is 0 Å². The molecule has 1 aliphatic rings. The number of likely N-dealkylation sites (tertiary alicyclic amines) is 1. The zero-order valence-electron chi connectivity index (χ0n) is 19.1. The molecule has 3 heterocycles. The van der Waals surface area contributed by atoms with Crippen molar-refractivity contribution in [2.24, 2.45) is 10.9 Å². The van der Waals surface area contributed by atoms with Gasteiger partial charge in [0.1, 0.15) is 12.0 Å². The molecular weight excluding hydrogens is 404 g/mol. The van der Waals surface area contributed by atoms with E-state index in [2.05, 4.69) is 30.5 Å². The van der Waals surface area contributed by atoms with Crippen LogP contribution in [0.3, 0.4) is 0 Å². The van der Waals surface area contributed by atoms with Crippen molar-refractivity contribution >= 4 is 5.96 Å². The number of oxazole rings is 2. The fourth-order valence-electron chi connectivity index (χ4n) is 3.88. The van der Waals surface area contributed by atoms with Crippen LogP contribution in [0.25, 0.3) is 11.5 Å². The van der Waals surface area contributed by atoms with Crippen LogP contribution < -0.4 is 10.6 Å². The highest BCUT2D eigenvalue weighted by Gasteiger charge is 2.21.